The molecule has 0 atom stereocenters. The first kappa shape index (κ1) is 15.0. The second-order valence-electron chi connectivity index (χ2n) is 5.05. The number of anilines is 1. The minimum absolute atomic E-state index is 0.445. The highest BCUT2D eigenvalue weighted by Gasteiger charge is 2.10. The summed E-state index contributed by atoms with van der Waals surface area (Å²) in [5, 5.41) is 0. The Labute approximate surface area is 111 Å². The van der Waals surface area contributed by atoms with Crippen molar-refractivity contribution < 1.29 is 0 Å². The maximum absolute atomic E-state index is 5.78. The van der Waals surface area contributed by atoms with Crippen molar-refractivity contribution in [1.29, 1.82) is 0 Å². The van der Waals surface area contributed by atoms with Crippen molar-refractivity contribution in [3.63, 3.8) is 0 Å². The van der Waals surface area contributed by atoms with Crippen LogP contribution in [0.4, 0.5) is 5.82 Å². The van der Waals surface area contributed by atoms with E-state index in [0.29, 0.717) is 12.5 Å². The number of unbranched alkanes of at least 4 members (excludes halogenated alkanes) is 1. The topological polar surface area (TPSA) is 42.1 Å². The standard InChI is InChI=1S/C15H27N3/c1-5-7-8-18(6-2)15-10-13(11-16)9-14(17-15)12(3)4/h9-10,12H,5-8,11,16H2,1-4H3. The first-order valence-electron chi connectivity index (χ1n) is 7.08. The number of pyridine rings is 1. The monoisotopic (exact) mass is 249 g/mol. The van der Waals surface area contributed by atoms with Crippen LogP contribution in [0.15, 0.2) is 12.1 Å². The quantitative estimate of drug-likeness (QED) is 0.806. The maximum atomic E-state index is 5.78. The molecule has 0 saturated carbocycles. The third-order valence-corrected chi connectivity index (χ3v) is 3.21. The molecule has 0 aliphatic rings. The highest BCUT2D eigenvalue weighted by atomic mass is 15.2. The molecule has 2 N–H and O–H groups in total. The van der Waals surface area contributed by atoms with Gasteiger partial charge >= 0.3 is 0 Å². The van der Waals surface area contributed by atoms with Gasteiger partial charge in [0.15, 0.2) is 0 Å². The molecule has 1 aromatic rings. The first-order valence-corrected chi connectivity index (χ1v) is 7.08. The van der Waals surface area contributed by atoms with Crippen LogP contribution in [0.25, 0.3) is 0 Å². The molecule has 0 spiro atoms. The van der Waals surface area contributed by atoms with E-state index in [-0.39, 0.29) is 0 Å². The average molecular weight is 249 g/mol. The van der Waals surface area contributed by atoms with Gasteiger partial charge in [0, 0.05) is 25.3 Å². The van der Waals surface area contributed by atoms with Gasteiger partial charge in [-0.3, -0.25) is 0 Å². The number of rotatable bonds is 7. The summed E-state index contributed by atoms with van der Waals surface area (Å²) in [6.07, 6.45) is 2.42. The summed E-state index contributed by atoms with van der Waals surface area (Å²) < 4.78 is 0. The summed E-state index contributed by atoms with van der Waals surface area (Å²) in [6, 6.07) is 4.26. The zero-order chi connectivity index (χ0) is 13.5. The molecule has 1 aromatic heterocycles. The lowest BCUT2D eigenvalue weighted by Crippen LogP contribution is -2.25. The van der Waals surface area contributed by atoms with Crippen molar-refractivity contribution in [2.75, 3.05) is 18.0 Å². The van der Waals surface area contributed by atoms with E-state index >= 15 is 0 Å². The van der Waals surface area contributed by atoms with Gasteiger partial charge < -0.3 is 10.6 Å². The molecule has 102 valence electrons. The Kier molecular flexibility index (Phi) is 6.13. The number of hydrogen-bond acceptors (Lipinski definition) is 3. The Morgan fingerprint density at radius 3 is 2.50 bits per heavy atom. The summed E-state index contributed by atoms with van der Waals surface area (Å²) in [5.74, 6) is 1.53. The normalized spacial score (nSPS) is 11.0. The second kappa shape index (κ2) is 7.37. The van der Waals surface area contributed by atoms with Crippen LogP contribution in [0.3, 0.4) is 0 Å². The molecule has 3 heteroatoms. The molecule has 0 radical (unpaired) electrons. The van der Waals surface area contributed by atoms with Crippen molar-refractivity contribution in [2.45, 2.75) is 53.0 Å². The maximum Gasteiger partial charge on any atom is 0.129 e. The number of aromatic nitrogens is 1. The molecule has 0 aliphatic carbocycles. The summed E-state index contributed by atoms with van der Waals surface area (Å²) in [7, 11) is 0. The molecule has 0 unspecified atom stereocenters. The van der Waals surface area contributed by atoms with E-state index in [9.17, 15) is 0 Å². The minimum Gasteiger partial charge on any atom is -0.357 e. The van der Waals surface area contributed by atoms with E-state index in [1.54, 1.807) is 0 Å². The van der Waals surface area contributed by atoms with E-state index in [1.165, 1.54) is 18.4 Å². The van der Waals surface area contributed by atoms with Crippen molar-refractivity contribution in [1.82, 2.24) is 4.98 Å². The highest BCUT2D eigenvalue weighted by Crippen LogP contribution is 2.20. The molecule has 1 heterocycles. The Morgan fingerprint density at radius 1 is 1.28 bits per heavy atom. The summed E-state index contributed by atoms with van der Waals surface area (Å²) in [5.41, 5.74) is 8.10. The van der Waals surface area contributed by atoms with Gasteiger partial charge in [0.2, 0.25) is 0 Å². The van der Waals surface area contributed by atoms with Crippen molar-refractivity contribution >= 4 is 5.82 Å². The van der Waals surface area contributed by atoms with Crippen LogP contribution < -0.4 is 10.6 Å². The lowest BCUT2D eigenvalue weighted by molar-refractivity contribution is 0.715. The van der Waals surface area contributed by atoms with Gasteiger partial charge in [0.25, 0.3) is 0 Å². The predicted molar refractivity (Wildman–Crippen MR) is 79.0 cm³/mol. The summed E-state index contributed by atoms with van der Waals surface area (Å²) >= 11 is 0. The lowest BCUT2D eigenvalue weighted by atomic mass is 10.1. The fraction of sp³-hybridized carbons (Fsp3) is 0.667. The third-order valence-electron chi connectivity index (χ3n) is 3.21. The van der Waals surface area contributed by atoms with Gasteiger partial charge in [-0.05, 0) is 37.0 Å². The van der Waals surface area contributed by atoms with E-state index in [4.69, 9.17) is 10.7 Å². The molecular weight excluding hydrogens is 222 g/mol. The Hall–Kier alpha value is -1.09. The van der Waals surface area contributed by atoms with Crippen LogP contribution >= 0.6 is 0 Å². The number of nitrogens with two attached hydrogens (primary N) is 1. The van der Waals surface area contributed by atoms with E-state index in [1.807, 2.05) is 0 Å². The van der Waals surface area contributed by atoms with Crippen LogP contribution in [0.5, 0.6) is 0 Å². The van der Waals surface area contributed by atoms with Crippen LogP contribution in [0, 0.1) is 0 Å². The molecule has 1 rings (SSSR count). The molecule has 0 aliphatic heterocycles. The van der Waals surface area contributed by atoms with Crippen LogP contribution in [0.2, 0.25) is 0 Å². The van der Waals surface area contributed by atoms with Gasteiger partial charge in [-0.1, -0.05) is 27.2 Å². The fourth-order valence-electron chi connectivity index (χ4n) is 1.95. The van der Waals surface area contributed by atoms with Gasteiger partial charge in [-0.25, -0.2) is 4.98 Å². The first-order chi connectivity index (χ1) is 8.62. The number of nitrogens with zero attached hydrogens (tertiary/aromatic N) is 2. The second-order valence-corrected chi connectivity index (χ2v) is 5.05. The smallest absolute Gasteiger partial charge is 0.129 e. The van der Waals surface area contributed by atoms with Crippen LogP contribution in [-0.2, 0) is 6.54 Å². The van der Waals surface area contributed by atoms with E-state index in [0.717, 1.165) is 24.6 Å². The molecule has 0 aromatic carbocycles. The van der Waals surface area contributed by atoms with Crippen LogP contribution in [0.1, 0.15) is 57.7 Å². The van der Waals surface area contributed by atoms with E-state index in [2.05, 4.69) is 44.7 Å². The van der Waals surface area contributed by atoms with Gasteiger partial charge in [-0.2, -0.15) is 0 Å². The van der Waals surface area contributed by atoms with Crippen molar-refractivity contribution in [3.8, 4) is 0 Å². The minimum atomic E-state index is 0.445. The summed E-state index contributed by atoms with van der Waals surface area (Å²) in [6.45, 7) is 11.4. The SMILES string of the molecule is CCCCN(CC)c1cc(CN)cc(C(C)C)n1. The van der Waals surface area contributed by atoms with Crippen LogP contribution in [-0.4, -0.2) is 18.1 Å². The molecule has 0 fully saturated rings. The molecule has 0 bridgehead atoms. The molecule has 0 saturated heterocycles. The largest absolute Gasteiger partial charge is 0.357 e. The lowest BCUT2D eigenvalue weighted by Gasteiger charge is -2.23. The zero-order valence-corrected chi connectivity index (χ0v) is 12.2. The molecule has 18 heavy (non-hydrogen) atoms. The molecule has 0 amide bonds. The molecule has 3 nitrogen and oxygen atoms in total. The third kappa shape index (κ3) is 3.98. The highest BCUT2D eigenvalue weighted by molar-refractivity contribution is 5.43. The summed E-state index contributed by atoms with van der Waals surface area (Å²) in [4.78, 5) is 7.12. The van der Waals surface area contributed by atoms with Crippen molar-refractivity contribution in [3.05, 3.63) is 23.4 Å². The Morgan fingerprint density at radius 2 is 2.00 bits per heavy atom. The van der Waals surface area contributed by atoms with Gasteiger partial charge in [0.1, 0.15) is 5.82 Å². The predicted octanol–water partition coefficient (Wildman–Crippen LogP) is 3.29. The van der Waals surface area contributed by atoms with Gasteiger partial charge in [-0.15, -0.1) is 0 Å². The molecular formula is C15H27N3. The number of hydrogen-bond donors (Lipinski definition) is 1. The Balaban J connectivity index is 3.00. The van der Waals surface area contributed by atoms with E-state index < -0.39 is 0 Å². The zero-order valence-electron chi connectivity index (χ0n) is 12.2. The van der Waals surface area contributed by atoms with Gasteiger partial charge in [0.05, 0.1) is 0 Å². The van der Waals surface area contributed by atoms with Crippen molar-refractivity contribution in [2.24, 2.45) is 5.73 Å². The fourth-order valence-corrected chi connectivity index (χ4v) is 1.95. The average Bonchev–Trinajstić information content (AvgIpc) is 2.39. The Bertz CT molecular complexity index is 361.